The van der Waals surface area contributed by atoms with Crippen LogP contribution in [0.3, 0.4) is 0 Å². The Balaban J connectivity index is 1.86. The lowest BCUT2D eigenvalue weighted by Crippen LogP contribution is -2.26. The van der Waals surface area contributed by atoms with Gasteiger partial charge in [0.2, 0.25) is 0 Å². The Morgan fingerprint density at radius 2 is 1.37 bits per heavy atom. The van der Waals surface area contributed by atoms with E-state index in [4.69, 9.17) is 19.7 Å². The molecule has 0 aliphatic carbocycles. The van der Waals surface area contributed by atoms with Crippen molar-refractivity contribution in [3.63, 3.8) is 0 Å². The van der Waals surface area contributed by atoms with E-state index < -0.39 is 31.3 Å². The maximum Gasteiger partial charge on any atom is 0.353 e. The molecule has 0 aliphatic rings. The van der Waals surface area contributed by atoms with E-state index in [1.807, 2.05) is 0 Å². The molecule has 9 nitrogen and oxygen atoms in total. The van der Waals surface area contributed by atoms with Crippen molar-refractivity contribution in [2.45, 2.75) is 116 Å². The lowest BCUT2D eigenvalue weighted by Gasteiger charge is -2.13. The quantitative estimate of drug-likeness (QED) is 0.0977. The summed E-state index contributed by atoms with van der Waals surface area (Å²) in [7, 11) is -3.94. The van der Waals surface area contributed by atoms with E-state index in [0.717, 1.165) is 23.6 Å². The van der Waals surface area contributed by atoms with Gasteiger partial charge in [-0.2, -0.15) is 4.98 Å². The molecule has 1 heterocycles. The van der Waals surface area contributed by atoms with Gasteiger partial charge in [0.1, 0.15) is 6.35 Å². The monoisotopic (exact) mass is 563 g/mol. The summed E-state index contributed by atoms with van der Waals surface area (Å²) in [6, 6.07) is 0. The Kier molecular flexibility index (Phi) is 20.5. The van der Waals surface area contributed by atoms with Crippen LogP contribution in [0.1, 0.15) is 110 Å². The number of hydrogen-bond donors (Lipinski definition) is 2. The summed E-state index contributed by atoms with van der Waals surface area (Å²) < 4.78 is 41.9. The second kappa shape index (κ2) is 22.5. The largest absolute Gasteiger partial charge is 0.381 e. The first-order valence-corrected chi connectivity index (χ1v) is 16.3. The van der Waals surface area contributed by atoms with Crippen LogP contribution in [0.25, 0.3) is 0 Å². The third-order valence-electron chi connectivity index (χ3n) is 6.37. The highest BCUT2D eigenvalue weighted by Gasteiger charge is 2.19. The molecule has 0 saturated heterocycles. The third-order valence-corrected chi connectivity index (χ3v) is 7.46. The minimum Gasteiger partial charge on any atom is -0.381 e. The van der Waals surface area contributed by atoms with Gasteiger partial charge in [-0.3, -0.25) is 9.13 Å². The number of ether oxygens (including phenoxy) is 2. The van der Waals surface area contributed by atoms with Crippen LogP contribution >= 0.6 is 7.60 Å². The van der Waals surface area contributed by atoms with Gasteiger partial charge < -0.3 is 24.6 Å². The van der Waals surface area contributed by atoms with E-state index in [1.54, 1.807) is 0 Å². The molecule has 1 unspecified atom stereocenters. The van der Waals surface area contributed by atoms with Gasteiger partial charge >= 0.3 is 13.3 Å². The molecule has 3 N–H and O–H groups in total. The van der Waals surface area contributed by atoms with Crippen molar-refractivity contribution in [1.29, 1.82) is 0 Å². The van der Waals surface area contributed by atoms with Crippen molar-refractivity contribution in [3.05, 3.63) is 22.5 Å². The van der Waals surface area contributed by atoms with Crippen molar-refractivity contribution < 1.29 is 27.8 Å². The summed E-state index contributed by atoms with van der Waals surface area (Å²) in [5.74, 6) is -1.29. The Morgan fingerprint density at radius 1 is 0.842 bits per heavy atom. The molecule has 1 aromatic rings. The normalized spacial score (nSPS) is 13.1. The molecule has 0 aliphatic heterocycles. The number of nitrogen functional groups attached to an aromatic ring is 1. The zero-order valence-electron chi connectivity index (χ0n) is 23.4. The average Bonchev–Trinajstić information content (AvgIpc) is 2.88. The summed E-state index contributed by atoms with van der Waals surface area (Å²) in [4.78, 5) is 24.7. The summed E-state index contributed by atoms with van der Waals surface area (Å²) in [6.45, 7) is 2.96. The first-order chi connectivity index (χ1) is 18.4. The van der Waals surface area contributed by atoms with E-state index in [-0.39, 0.29) is 26.4 Å². The lowest BCUT2D eigenvalue weighted by molar-refractivity contribution is 0.0839. The maximum atomic E-state index is 13.4. The van der Waals surface area contributed by atoms with E-state index in [0.29, 0.717) is 6.61 Å². The minimum absolute atomic E-state index is 0.0114. The van der Waals surface area contributed by atoms with Crippen LogP contribution in [0.15, 0.2) is 11.0 Å². The molecule has 1 atom stereocenters. The smallest absolute Gasteiger partial charge is 0.353 e. The Hall–Kier alpha value is -1.32. The second-order valence-corrected chi connectivity index (χ2v) is 11.7. The molecule has 222 valence electrons. The molecule has 0 fully saturated rings. The number of anilines is 1. The number of halogens is 1. The number of rotatable bonds is 26. The molecular formula is C27H51FN3O6P. The standard InChI is InChI=1S/C27H51FN3O6P/c1-2-3-4-5-6-7-8-9-10-11-12-13-14-15-16-17-19-35-21-22-37-38(33,34)24-36-20-18-31-23-25(28)26(29)30-27(31)32/h23H,2-22,24H2,1H3,(H,33,34)(H2,29,30,32). The van der Waals surface area contributed by atoms with Crippen LogP contribution in [0.2, 0.25) is 0 Å². The maximum absolute atomic E-state index is 13.4. The number of unbranched alkanes of at least 4 members (excludes halogenated alkanes) is 15. The Morgan fingerprint density at radius 3 is 1.92 bits per heavy atom. The van der Waals surface area contributed by atoms with Crippen LogP contribution in [-0.2, 0) is 25.1 Å². The molecule has 0 spiro atoms. The fraction of sp³-hybridized carbons (Fsp3) is 0.852. The van der Waals surface area contributed by atoms with Gasteiger partial charge in [0.25, 0.3) is 0 Å². The number of nitrogens with zero attached hydrogens (tertiary/aromatic N) is 2. The molecule has 1 aromatic heterocycles. The van der Waals surface area contributed by atoms with Gasteiger partial charge in [-0.05, 0) is 6.42 Å². The van der Waals surface area contributed by atoms with E-state index in [9.17, 15) is 18.6 Å². The first kappa shape index (κ1) is 34.7. The van der Waals surface area contributed by atoms with E-state index >= 15 is 0 Å². The molecule has 0 aromatic carbocycles. The molecule has 0 amide bonds. The topological polar surface area (TPSA) is 126 Å². The Bertz CT molecular complexity index is 826. The van der Waals surface area contributed by atoms with Crippen molar-refractivity contribution in [3.8, 4) is 0 Å². The first-order valence-electron chi connectivity index (χ1n) is 14.5. The number of aromatic nitrogens is 2. The zero-order chi connectivity index (χ0) is 27.9. The van der Waals surface area contributed by atoms with Crippen LogP contribution in [0.4, 0.5) is 10.2 Å². The van der Waals surface area contributed by atoms with E-state index in [1.165, 1.54) is 89.9 Å². The molecule has 1 rings (SSSR count). The van der Waals surface area contributed by atoms with E-state index in [2.05, 4.69) is 11.9 Å². The summed E-state index contributed by atoms with van der Waals surface area (Å²) >= 11 is 0. The summed E-state index contributed by atoms with van der Waals surface area (Å²) in [5.41, 5.74) is 4.49. The SMILES string of the molecule is CCCCCCCCCCCCCCCCCCOCCOP(=O)(O)COCCn1cc(F)c(N)nc1=O. The van der Waals surface area contributed by atoms with Gasteiger partial charge in [-0.25, -0.2) is 9.18 Å². The summed E-state index contributed by atoms with van der Waals surface area (Å²) in [5, 5.41) is 0. The highest BCUT2D eigenvalue weighted by Crippen LogP contribution is 2.41. The summed E-state index contributed by atoms with van der Waals surface area (Å²) in [6.07, 6.45) is 21.5. The van der Waals surface area contributed by atoms with Gasteiger partial charge in [-0.15, -0.1) is 0 Å². The van der Waals surface area contributed by atoms with Crippen molar-refractivity contribution in [2.24, 2.45) is 0 Å². The van der Waals surface area contributed by atoms with Gasteiger partial charge in [-0.1, -0.05) is 103 Å². The molecule has 11 heteroatoms. The molecule has 0 saturated carbocycles. The third kappa shape index (κ3) is 18.9. The van der Waals surface area contributed by atoms with Crippen molar-refractivity contribution in [1.82, 2.24) is 9.55 Å². The van der Waals surface area contributed by atoms with Gasteiger partial charge in [0.15, 0.2) is 11.6 Å². The molecule has 0 bridgehead atoms. The molecule has 38 heavy (non-hydrogen) atoms. The van der Waals surface area contributed by atoms with Crippen LogP contribution in [-0.4, -0.2) is 47.2 Å². The fourth-order valence-corrected chi connectivity index (χ4v) is 4.91. The number of nitrogens with two attached hydrogens (primary N) is 1. The highest BCUT2D eigenvalue weighted by molar-refractivity contribution is 7.52. The van der Waals surface area contributed by atoms with Crippen LogP contribution in [0.5, 0.6) is 0 Å². The number of hydrogen-bond acceptors (Lipinski definition) is 7. The second-order valence-electron chi connectivity index (χ2n) is 9.87. The van der Waals surface area contributed by atoms with Crippen molar-refractivity contribution >= 4 is 13.4 Å². The fourth-order valence-electron chi connectivity index (χ4n) is 4.11. The zero-order valence-corrected chi connectivity index (χ0v) is 24.3. The van der Waals surface area contributed by atoms with Crippen molar-refractivity contribution in [2.75, 3.05) is 38.5 Å². The Labute approximate surface area is 228 Å². The average molecular weight is 564 g/mol. The minimum atomic E-state index is -3.94. The highest BCUT2D eigenvalue weighted by atomic mass is 31.2. The van der Waals surface area contributed by atoms with Crippen LogP contribution in [0, 0.1) is 5.82 Å². The lowest BCUT2D eigenvalue weighted by atomic mass is 10.0. The van der Waals surface area contributed by atoms with Gasteiger partial charge in [0.05, 0.1) is 26.4 Å². The molecular weight excluding hydrogens is 512 g/mol. The van der Waals surface area contributed by atoms with Crippen LogP contribution < -0.4 is 11.4 Å². The van der Waals surface area contributed by atoms with Gasteiger partial charge in [0, 0.05) is 12.8 Å². The molecule has 0 radical (unpaired) electrons. The predicted molar refractivity (Wildman–Crippen MR) is 150 cm³/mol. The predicted octanol–water partition coefficient (Wildman–Crippen LogP) is 6.42.